The number of benzene rings is 2. The Bertz CT molecular complexity index is 851. The predicted molar refractivity (Wildman–Crippen MR) is 95.9 cm³/mol. The van der Waals surface area contributed by atoms with Gasteiger partial charge in [0.05, 0.1) is 17.1 Å². The number of amides is 1. The standard InChI is InChI=1S/C17H15BrN2O5/c1-3-25-17(22)12-7-11(8-14(9-12)20(23)24)16(21)19-13-4-5-15(18)10(2)6-13/h4-9H,3H2,1-2H3,(H,19,21). The van der Waals surface area contributed by atoms with Gasteiger partial charge in [0.1, 0.15) is 0 Å². The number of halogens is 1. The Morgan fingerprint density at radius 2 is 1.88 bits per heavy atom. The van der Waals surface area contributed by atoms with Gasteiger partial charge >= 0.3 is 5.97 Å². The lowest BCUT2D eigenvalue weighted by Gasteiger charge is -2.09. The van der Waals surface area contributed by atoms with Crippen LogP contribution in [-0.4, -0.2) is 23.4 Å². The van der Waals surface area contributed by atoms with Crippen LogP contribution >= 0.6 is 15.9 Å². The van der Waals surface area contributed by atoms with Gasteiger partial charge in [0.25, 0.3) is 11.6 Å². The molecule has 0 aliphatic carbocycles. The number of anilines is 1. The van der Waals surface area contributed by atoms with Crippen LogP contribution in [0, 0.1) is 17.0 Å². The minimum absolute atomic E-state index is 0.00201. The number of hydrogen-bond donors (Lipinski definition) is 1. The molecule has 0 unspecified atom stereocenters. The maximum atomic E-state index is 12.4. The molecule has 0 radical (unpaired) electrons. The molecule has 2 aromatic rings. The number of nitro groups is 1. The molecular formula is C17H15BrN2O5. The lowest BCUT2D eigenvalue weighted by Crippen LogP contribution is -2.14. The Hall–Kier alpha value is -2.74. The van der Waals surface area contributed by atoms with Crippen LogP contribution in [0.1, 0.15) is 33.2 Å². The molecule has 8 heteroatoms. The van der Waals surface area contributed by atoms with Crippen molar-refractivity contribution in [3.05, 3.63) is 67.7 Å². The fourth-order valence-corrected chi connectivity index (χ4v) is 2.35. The van der Waals surface area contributed by atoms with E-state index < -0.39 is 16.8 Å². The van der Waals surface area contributed by atoms with Crippen LogP contribution < -0.4 is 5.32 Å². The molecule has 0 heterocycles. The van der Waals surface area contributed by atoms with Gasteiger partial charge in [-0.05, 0) is 43.7 Å². The van der Waals surface area contributed by atoms with Crippen molar-refractivity contribution in [1.29, 1.82) is 0 Å². The largest absolute Gasteiger partial charge is 0.462 e. The van der Waals surface area contributed by atoms with Crippen LogP contribution in [0.2, 0.25) is 0 Å². The second-order valence-corrected chi connectivity index (χ2v) is 6.02. The maximum Gasteiger partial charge on any atom is 0.338 e. The minimum Gasteiger partial charge on any atom is -0.462 e. The summed E-state index contributed by atoms with van der Waals surface area (Å²) >= 11 is 3.37. The summed E-state index contributed by atoms with van der Waals surface area (Å²) in [7, 11) is 0. The summed E-state index contributed by atoms with van der Waals surface area (Å²) in [5, 5.41) is 13.7. The molecule has 1 amide bonds. The second kappa shape index (κ2) is 7.89. The third-order valence-electron chi connectivity index (χ3n) is 3.32. The molecule has 0 aliphatic rings. The van der Waals surface area contributed by atoms with Gasteiger partial charge in [0, 0.05) is 27.9 Å². The molecule has 2 aromatic carbocycles. The van der Waals surface area contributed by atoms with Crippen LogP contribution in [-0.2, 0) is 4.74 Å². The molecule has 0 fully saturated rings. The van der Waals surface area contributed by atoms with Crippen LogP contribution in [0.4, 0.5) is 11.4 Å². The zero-order valence-corrected chi connectivity index (χ0v) is 15.1. The summed E-state index contributed by atoms with van der Waals surface area (Å²) in [4.78, 5) is 34.7. The fourth-order valence-electron chi connectivity index (χ4n) is 2.11. The molecule has 0 saturated carbocycles. The van der Waals surface area contributed by atoms with Crippen molar-refractivity contribution in [2.75, 3.05) is 11.9 Å². The van der Waals surface area contributed by atoms with Crippen molar-refractivity contribution in [1.82, 2.24) is 0 Å². The number of nitro benzene ring substituents is 1. The van der Waals surface area contributed by atoms with E-state index in [1.807, 2.05) is 6.92 Å². The first kappa shape index (κ1) is 18.6. The predicted octanol–water partition coefficient (Wildman–Crippen LogP) is 4.09. The van der Waals surface area contributed by atoms with Crippen molar-refractivity contribution >= 4 is 39.2 Å². The Labute approximate surface area is 152 Å². The van der Waals surface area contributed by atoms with E-state index in [2.05, 4.69) is 21.2 Å². The molecule has 7 nitrogen and oxygen atoms in total. The van der Waals surface area contributed by atoms with E-state index in [0.717, 1.165) is 22.2 Å². The summed E-state index contributed by atoms with van der Waals surface area (Å²) in [5.74, 6) is -1.28. The SMILES string of the molecule is CCOC(=O)c1cc(C(=O)Nc2ccc(Br)c(C)c2)cc([N+](=O)[O-])c1. The Kier molecular flexibility index (Phi) is 5.87. The van der Waals surface area contributed by atoms with E-state index in [1.165, 1.54) is 6.07 Å². The summed E-state index contributed by atoms with van der Waals surface area (Å²) in [6.07, 6.45) is 0. The first-order valence-electron chi connectivity index (χ1n) is 7.36. The smallest absolute Gasteiger partial charge is 0.338 e. The number of rotatable bonds is 5. The minimum atomic E-state index is -0.722. The van der Waals surface area contributed by atoms with Gasteiger partial charge in [-0.3, -0.25) is 14.9 Å². The van der Waals surface area contributed by atoms with E-state index in [1.54, 1.807) is 25.1 Å². The molecule has 130 valence electrons. The van der Waals surface area contributed by atoms with Crippen molar-refractivity contribution < 1.29 is 19.2 Å². The molecule has 1 N–H and O–H groups in total. The van der Waals surface area contributed by atoms with Gasteiger partial charge in [-0.2, -0.15) is 0 Å². The highest BCUT2D eigenvalue weighted by Crippen LogP contribution is 2.22. The van der Waals surface area contributed by atoms with Crippen molar-refractivity contribution in [2.24, 2.45) is 0 Å². The number of carbonyl (C=O) groups excluding carboxylic acids is 2. The number of aryl methyl sites for hydroxylation is 1. The third-order valence-corrected chi connectivity index (χ3v) is 4.21. The monoisotopic (exact) mass is 406 g/mol. The number of non-ortho nitro benzene ring substituents is 1. The number of hydrogen-bond acceptors (Lipinski definition) is 5. The molecule has 0 aromatic heterocycles. The molecular weight excluding hydrogens is 392 g/mol. The summed E-state index contributed by atoms with van der Waals surface area (Å²) in [6.45, 7) is 3.62. The highest BCUT2D eigenvalue weighted by Gasteiger charge is 2.19. The van der Waals surface area contributed by atoms with Crippen LogP contribution in [0.5, 0.6) is 0 Å². The van der Waals surface area contributed by atoms with Gasteiger partial charge in [-0.1, -0.05) is 15.9 Å². The van der Waals surface area contributed by atoms with E-state index >= 15 is 0 Å². The van der Waals surface area contributed by atoms with E-state index in [9.17, 15) is 19.7 Å². The first-order chi connectivity index (χ1) is 11.8. The third kappa shape index (κ3) is 4.63. The molecule has 0 bridgehead atoms. The highest BCUT2D eigenvalue weighted by molar-refractivity contribution is 9.10. The quantitative estimate of drug-likeness (QED) is 0.457. The van der Waals surface area contributed by atoms with E-state index in [0.29, 0.717) is 5.69 Å². The van der Waals surface area contributed by atoms with Crippen LogP contribution in [0.25, 0.3) is 0 Å². The Morgan fingerprint density at radius 1 is 1.20 bits per heavy atom. The van der Waals surface area contributed by atoms with E-state index in [4.69, 9.17) is 4.74 Å². The lowest BCUT2D eigenvalue weighted by molar-refractivity contribution is -0.384. The number of ether oxygens (including phenoxy) is 1. The summed E-state index contributed by atoms with van der Waals surface area (Å²) < 4.78 is 5.74. The lowest BCUT2D eigenvalue weighted by atomic mass is 10.1. The van der Waals surface area contributed by atoms with Gasteiger partial charge in [-0.15, -0.1) is 0 Å². The molecule has 0 aliphatic heterocycles. The maximum absolute atomic E-state index is 12.4. The zero-order valence-electron chi connectivity index (χ0n) is 13.5. The number of esters is 1. The number of carbonyl (C=O) groups is 2. The van der Waals surface area contributed by atoms with Gasteiger partial charge < -0.3 is 10.1 Å². The Morgan fingerprint density at radius 3 is 2.48 bits per heavy atom. The fraction of sp³-hybridized carbons (Fsp3) is 0.176. The average Bonchev–Trinajstić information content (AvgIpc) is 2.58. The second-order valence-electron chi connectivity index (χ2n) is 5.16. The van der Waals surface area contributed by atoms with Crippen molar-refractivity contribution in [3.8, 4) is 0 Å². The molecule has 0 spiro atoms. The Balaban J connectivity index is 2.35. The molecule has 0 atom stereocenters. The van der Waals surface area contributed by atoms with Crippen molar-refractivity contribution in [2.45, 2.75) is 13.8 Å². The van der Waals surface area contributed by atoms with Crippen LogP contribution in [0.3, 0.4) is 0 Å². The zero-order chi connectivity index (χ0) is 18.6. The summed E-state index contributed by atoms with van der Waals surface area (Å²) in [6, 6.07) is 8.70. The van der Waals surface area contributed by atoms with Gasteiger partial charge in [0.15, 0.2) is 0 Å². The van der Waals surface area contributed by atoms with E-state index in [-0.39, 0.29) is 23.4 Å². The summed E-state index contributed by atoms with van der Waals surface area (Å²) in [5.41, 5.74) is 1.05. The van der Waals surface area contributed by atoms with Crippen LogP contribution in [0.15, 0.2) is 40.9 Å². The molecule has 0 saturated heterocycles. The van der Waals surface area contributed by atoms with Gasteiger partial charge in [-0.25, -0.2) is 4.79 Å². The average molecular weight is 407 g/mol. The molecule has 2 rings (SSSR count). The normalized spacial score (nSPS) is 10.2. The topological polar surface area (TPSA) is 98.5 Å². The first-order valence-corrected chi connectivity index (χ1v) is 8.15. The number of nitrogens with zero attached hydrogens (tertiary/aromatic N) is 1. The molecule has 25 heavy (non-hydrogen) atoms. The van der Waals surface area contributed by atoms with Gasteiger partial charge in [0.2, 0.25) is 0 Å². The number of nitrogens with one attached hydrogen (secondary N) is 1. The highest BCUT2D eigenvalue weighted by atomic mass is 79.9. The van der Waals surface area contributed by atoms with Crippen molar-refractivity contribution in [3.63, 3.8) is 0 Å².